The summed E-state index contributed by atoms with van der Waals surface area (Å²) < 4.78 is 0. The number of aromatic nitrogens is 5. The summed E-state index contributed by atoms with van der Waals surface area (Å²) in [5.41, 5.74) is 6.93. The maximum Gasteiger partial charge on any atom is 0.224 e. The first-order valence-electron chi connectivity index (χ1n) is 12.6. The van der Waals surface area contributed by atoms with Crippen molar-refractivity contribution in [1.29, 1.82) is 0 Å². The lowest BCUT2D eigenvalue weighted by atomic mass is 10.0. The van der Waals surface area contributed by atoms with Crippen LogP contribution in [0.3, 0.4) is 0 Å². The highest BCUT2D eigenvalue weighted by Gasteiger charge is 2.17. The Bertz CT molecular complexity index is 1690. The lowest BCUT2D eigenvalue weighted by Gasteiger charge is -2.12. The molecule has 4 aromatic heterocycles. The fourth-order valence-electron chi connectivity index (χ4n) is 4.37. The van der Waals surface area contributed by atoms with Crippen molar-refractivity contribution in [2.45, 2.75) is 20.3 Å². The van der Waals surface area contributed by atoms with Gasteiger partial charge in [-0.1, -0.05) is 44.2 Å². The number of aromatic amines is 1. The van der Waals surface area contributed by atoms with Gasteiger partial charge >= 0.3 is 0 Å². The van der Waals surface area contributed by atoms with Crippen LogP contribution in [-0.2, 0) is 4.79 Å². The molecule has 0 bridgehead atoms. The summed E-state index contributed by atoms with van der Waals surface area (Å²) in [6.45, 7) is 8.36. The number of hydrogen-bond donors (Lipinski definition) is 3. The fraction of sp³-hybridized carbons (Fsp3) is 0.167. The molecule has 0 aliphatic heterocycles. The largest absolute Gasteiger partial charge is 0.373 e. The highest BCUT2D eigenvalue weighted by atomic mass is 35.5. The minimum atomic E-state index is -0.0442. The molecule has 9 heteroatoms. The summed E-state index contributed by atoms with van der Waals surface area (Å²) in [7, 11) is 1.81. The molecule has 0 spiro atoms. The van der Waals surface area contributed by atoms with Crippen LogP contribution in [0.2, 0.25) is 5.02 Å². The van der Waals surface area contributed by atoms with E-state index in [1.165, 1.54) is 0 Å². The number of imidazole rings is 1. The average molecular weight is 538 g/mol. The SMILES string of the molecule is C=C(c1nc2c(-c3cccc(Cl)c3)ccnc2[nH]1)c1cc(-c2cncc(NC(=O)CC(C)C)c2)cnc1NC. The molecule has 0 atom stereocenters. The maximum absolute atomic E-state index is 12.3. The molecule has 196 valence electrons. The minimum Gasteiger partial charge on any atom is -0.373 e. The predicted octanol–water partition coefficient (Wildman–Crippen LogP) is 6.82. The number of hydrogen-bond acceptors (Lipinski definition) is 6. The molecule has 0 saturated carbocycles. The fourth-order valence-corrected chi connectivity index (χ4v) is 4.56. The summed E-state index contributed by atoms with van der Waals surface area (Å²) >= 11 is 6.24. The second kappa shape index (κ2) is 11.0. The number of H-pyrrole nitrogens is 1. The van der Waals surface area contributed by atoms with Crippen LogP contribution in [0, 0.1) is 5.92 Å². The highest BCUT2D eigenvalue weighted by Crippen LogP contribution is 2.33. The number of halogens is 1. The first-order valence-corrected chi connectivity index (χ1v) is 12.9. The summed E-state index contributed by atoms with van der Waals surface area (Å²) in [5, 5.41) is 6.72. The van der Waals surface area contributed by atoms with Gasteiger partial charge in [0.15, 0.2) is 5.65 Å². The highest BCUT2D eigenvalue weighted by molar-refractivity contribution is 6.30. The van der Waals surface area contributed by atoms with Crippen molar-refractivity contribution in [2.75, 3.05) is 17.7 Å². The van der Waals surface area contributed by atoms with Gasteiger partial charge in [-0.15, -0.1) is 0 Å². The monoisotopic (exact) mass is 537 g/mol. The van der Waals surface area contributed by atoms with Gasteiger partial charge in [0, 0.05) is 64.9 Å². The Morgan fingerprint density at radius 2 is 1.87 bits per heavy atom. The molecular formula is C30H28ClN7O. The number of nitrogens with zero attached hydrogens (tertiary/aromatic N) is 4. The molecule has 8 nitrogen and oxygen atoms in total. The van der Waals surface area contributed by atoms with E-state index in [1.54, 1.807) is 24.8 Å². The van der Waals surface area contributed by atoms with Gasteiger partial charge in [-0.3, -0.25) is 9.78 Å². The van der Waals surface area contributed by atoms with Gasteiger partial charge < -0.3 is 15.6 Å². The zero-order chi connectivity index (χ0) is 27.5. The van der Waals surface area contributed by atoms with E-state index in [9.17, 15) is 4.79 Å². The van der Waals surface area contributed by atoms with Crippen LogP contribution in [0.15, 0.2) is 73.8 Å². The molecule has 39 heavy (non-hydrogen) atoms. The zero-order valence-electron chi connectivity index (χ0n) is 21.9. The van der Waals surface area contributed by atoms with E-state index in [1.807, 2.05) is 63.4 Å². The zero-order valence-corrected chi connectivity index (χ0v) is 22.7. The van der Waals surface area contributed by atoms with Crippen LogP contribution in [0.1, 0.15) is 31.7 Å². The van der Waals surface area contributed by atoms with E-state index in [-0.39, 0.29) is 11.8 Å². The predicted molar refractivity (Wildman–Crippen MR) is 158 cm³/mol. The van der Waals surface area contributed by atoms with Gasteiger partial charge in [0.25, 0.3) is 0 Å². The van der Waals surface area contributed by atoms with Crippen molar-refractivity contribution >= 4 is 45.8 Å². The number of rotatable bonds is 8. The van der Waals surface area contributed by atoms with Gasteiger partial charge in [0.1, 0.15) is 17.2 Å². The average Bonchev–Trinajstić information content (AvgIpc) is 3.36. The Balaban J connectivity index is 1.50. The molecule has 5 aromatic rings. The molecule has 0 fully saturated rings. The Morgan fingerprint density at radius 1 is 1.05 bits per heavy atom. The lowest BCUT2D eigenvalue weighted by molar-refractivity contribution is -0.116. The first kappa shape index (κ1) is 26.1. The molecule has 0 unspecified atom stereocenters. The number of amides is 1. The number of pyridine rings is 3. The quantitative estimate of drug-likeness (QED) is 0.200. The molecule has 1 amide bonds. The molecular weight excluding hydrogens is 510 g/mol. The number of anilines is 2. The Hall–Kier alpha value is -4.56. The molecule has 3 N–H and O–H groups in total. The van der Waals surface area contributed by atoms with E-state index in [2.05, 4.69) is 37.1 Å². The van der Waals surface area contributed by atoms with Crippen LogP contribution in [0.25, 0.3) is 39.0 Å². The van der Waals surface area contributed by atoms with Crippen LogP contribution in [0.5, 0.6) is 0 Å². The standard InChI is InChI=1S/C30H28ClN7O/c1-17(2)10-26(39)36-23-12-20(14-33-16-23)21-13-25(29(32-4)35-15-21)18(3)28-37-27-24(8-9-34-30(27)38-28)19-6-5-7-22(31)11-19/h5-9,11-17H,3,10H2,1-2,4H3,(H,32,35)(H,36,39)(H,34,37,38). The number of carbonyl (C=O) groups is 1. The second-order valence-corrected chi connectivity index (χ2v) is 10.0. The van der Waals surface area contributed by atoms with Gasteiger partial charge in [-0.25, -0.2) is 15.0 Å². The van der Waals surface area contributed by atoms with E-state index < -0.39 is 0 Å². The third-order valence-corrected chi connectivity index (χ3v) is 6.44. The van der Waals surface area contributed by atoms with Crippen LogP contribution in [-0.4, -0.2) is 37.9 Å². The number of fused-ring (bicyclic) bond motifs is 1. The number of carbonyl (C=O) groups excluding carboxylic acids is 1. The number of benzene rings is 1. The molecule has 5 rings (SSSR count). The summed E-state index contributed by atoms with van der Waals surface area (Å²) in [4.78, 5) is 33.9. The van der Waals surface area contributed by atoms with Crippen LogP contribution >= 0.6 is 11.6 Å². The van der Waals surface area contributed by atoms with Crippen LogP contribution in [0.4, 0.5) is 11.5 Å². The maximum atomic E-state index is 12.3. The molecule has 0 radical (unpaired) electrons. The van der Waals surface area contributed by atoms with Crippen molar-refractivity contribution in [3.8, 4) is 22.3 Å². The van der Waals surface area contributed by atoms with E-state index in [4.69, 9.17) is 16.6 Å². The topological polar surface area (TPSA) is 108 Å². The van der Waals surface area contributed by atoms with E-state index >= 15 is 0 Å². The van der Waals surface area contributed by atoms with Crippen molar-refractivity contribution in [2.24, 2.45) is 5.92 Å². The molecule has 0 aliphatic rings. The summed E-state index contributed by atoms with van der Waals surface area (Å²) in [6, 6.07) is 13.4. The van der Waals surface area contributed by atoms with Gasteiger partial charge in [0.05, 0.1) is 11.9 Å². The third kappa shape index (κ3) is 5.66. The van der Waals surface area contributed by atoms with Crippen LogP contribution < -0.4 is 10.6 Å². The van der Waals surface area contributed by atoms with Crippen molar-refractivity contribution in [3.05, 3.63) is 90.2 Å². The molecule has 1 aromatic carbocycles. The Labute approximate surface area is 231 Å². The molecule has 4 heterocycles. The molecule has 0 aliphatic carbocycles. The van der Waals surface area contributed by atoms with Gasteiger partial charge in [-0.2, -0.15) is 0 Å². The molecule has 0 saturated heterocycles. The summed E-state index contributed by atoms with van der Waals surface area (Å²) in [6.07, 6.45) is 7.32. The van der Waals surface area contributed by atoms with E-state index in [0.717, 1.165) is 33.3 Å². The van der Waals surface area contributed by atoms with E-state index in [0.29, 0.717) is 40.0 Å². The van der Waals surface area contributed by atoms with Gasteiger partial charge in [0.2, 0.25) is 5.91 Å². The first-order chi connectivity index (χ1) is 18.8. The minimum absolute atomic E-state index is 0.0442. The summed E-state index contributed by atoms with van der Waals surface area (Å²) in [5.74, 6) is 1.46. The van der Waals surface area contributed by atoms with Crippen molar-refractivity contribution < 1.29 is 4.79 Å². The number of nitrogens with one attached hydrogen (secondary N) is 3. The Morgan fingerprint density at radius 3 is 2.64 bits per heavy atom. The third-order valence-electron chi connectivity index (χ3n) is 6.20. The normalized spacial score (nSPS) is 11.1. The van der Waals surface area contributed by atoms with Crippen molar-refractivity contribution in [3.63, 3.8) is 0 Å². The van der Waals surface area contributed by atoms with Crippen molar-refractivity contribution in [1.82, 2.24) is 24.9 Å². The van der Waals surface area contributed by atoms with Gasteiger partial charge in [-0.05, 0) is 41.8 Å². The lowest BCUT2D eigenvalue weighted by Crippen LogP contribution is -2.14. The Kier molecular flexibility index (Phi) is 7.38. The second-order valence-electron chi connectivity index (χ2n) is 9.61. The smallest absolute Gasteiger partial charge is 0.224 e.